The van der Waals surface area contributed by atoms with Gasteiger partial charge in [0.25, 0.3) is 5.91 Å². The summed E-state index contributed by atoms with van der Waals surface area (Å²) in [6, 6.07) is 8.77. The van der Waals surface area contributed by atoms with Gasteiger partial charge in [0.1, 0.15) is 0 Å². The Hall–Kier alpha value is -1.86. The molecule has 0 spiro atoms. The van der Waals surface area contributed by atoms with E-state index in [1.54, 1.807) is 24.3 Å². The van der Waals surface area contributed by atoms with Gasteiger partial charge in [0.2, 0.25) is 0 Å². The SMILES string of the molecule is Cc1ccc(C(=O)Nc2ccc(Br)cc2/C(N)=N/O)s1. The van der Waals surface area contributed by atoms with Gasteiger partial charge in [0.15, 0.2) is 5.84 Å². The number of carbonyl (C=O) groups is 1. The summed E-state index contributed by atoms with van der Waals surface area (Å²) in [7, 11) is 0. The molecule has 20 heavy (non-hydrogen) atoms. The van der Waals surface area contributed by atoms with E-state index in [1.807, 2.05) is 13.0 Å². The van der Waals surface area contributed by atoms with Crippen molar-refractivity contribution in [3.8, 4) is 0 Å². The van der Waals surface area contributed by atoms with Crippen LogP contribution in [0.15, 0.2) is 40.0 Å². The lowest BCUT2D eigenvalue weighted by Gasteiger charge is -2.10. The maximum absolute atomic E-state index is 12.1. The molecule has 2 rings (SSSR count). The molecule has 1 aromatic heterocycles. The molecule has 1 heterocycles. The lowest BCUT2D eigenvalue weighted by molar-refractivity contribution is 0.103. The minimum absolute atomic E-state index is 0.0658. The lowest BCUT2D eigenvalue weighted by atomic mass is 10.1. The highest BCUT2D eigenvalue weighted by molar-refractivity contribution is 9.10. The number of benzene rings is 1. The van der Waals surface area contributed by atoms with E-state index in [2.05, 4.69) is 26.4 Å². The van der Waals surface area contributed by atoms with Crippen molar-refractivity contribution in [2.24, 2.45) is 10.9 Å². The largest absolute Gasteiger partial charge is 0.409 e. The van der Waals surface area contributed by atoms with Crippen molar-refractivity contribution in [3.63, 3.8) is 0 Å². The molecule has 7 heteroatoms. The molecule has 0 unspecified atom stereocenters. The van der Waals surface area contributed by atoms with E-state index in [0.717, 1.165) is 9.35 Å². The first kappa shape index (κ1) is 14.5. The number of aryl methyl sites for hydroxylation is 1. The van der Waals surface area contributed by atoms with E-state index < -0.39 is 0 Å². The molecule has 104 valence electrons. The summed E-state index contributed by atoms with van der Waals surface area (Å²) in [5.74, 6) is -0.290. The van der Waals surface area contributed by atoms with Gasteiger partial charge in [-0.05, 0) is 37.3 Å². The second-order valence-corrected chi connectivity index (χ2v) is 6.24. The molecule has 0 aliphatic heterocycles. The summed E-state index contributed by atoms with van der Waals surface area (Å²) in [6.45, 7) is 1.93. The fourth-order valence-electron chi connectivity index (χ4n) is 1.63. The van der Waals surface area contributed by atoms with Gasteiger partial charge in [-0.15, -0.1) is 11.3 Å². The average molecular weight is 354 g/mol. The standard InChI is InChI=1S/C13H12BrN3O2S/c1-7-2-5-11(20-7)13(18)16-10-4-3-8(14)6-9(10)12(15)17-19/h2-6,19H,1H3,(H2,15,17)(H,16,18). The molecule has 4 N–H and O–H groups in total. The van der Waals surface area contributed by atoms with Gasteiger partial charge in [0, 0.05) is 14.9 Å². The van der Waals surface area contributed by atoms with Crippen LogP contribution in [-0.2, 0) is 0 Å². The zero-order valence-corrected chi connectivity index (χ0v) is 13.0. The fraction of sp³-hybridized carbons (Fsp3) is 0.0769. The number of oxime groups is 1. The van der Waals surface area contributed by atoms with Crippen LogP contribution in [0.2, 0.25) is 0 Å². The Morgan fingerprint density at radius 2 is 2.15 bits per heavy atom. The number of hydrogen-bond donors (Lipinski definition) is 3. The third-order valence-corrected chi connectivity index (χ3v) is 4.07. The molecule has 0 aliphatic carbocycles. The number of rotatable bonds is 3. The van der Waals surface area contributed by atoms with Crippen LogP contribution < -0.4 is 11.1 Å². The number of nitrogens with two attached hydrogens (primary N) is 1. The predicted octanol–water partition coefficient (Wildman–Crippen LogP) is 3.17. The van der Waals surface area contributed by atoms with Crippen LogP contribution in [0.25, 0.3) is 0 Å². The van der Waals surface area contributed by atoms with E-state index in [0.29, 0.717) is 16.1 Å². The summed E-state index contributed by atoms with van der Waals surface area (Å²) < 4.78 is 0.768. The number of anilines is 1. The van der Waals surface area contributed by atoms with Gasteiger partial charge >= 0.3 is 0 Å². The van der Waals surface area contributed by atoms with Crippen molar-refractivity contribution >= 4 is 44.7 Å². The third kappa shape index (κ3) is 3.17. The Bertz CT molecular complexity index is 682. The fourth-order valence-corrected chi connectivity index (χ4v) is 2.76. The normalized spacial score (nSPS) is 11.4. The van der Waals surface area contributed by atoms with E-state index in [1.165, 1.54) is 11.3 Å². The molecule has 0 saturated carbocycles. The van der Waals surface area contributed by atoms with Gasteiger partial charge in [-0.1, -0.05) is 21.1 Å². The number of amides is 1. The lowest BCUT2D eigenvalue weighted by Crippen LogP contribution is -2.18. The number of hydrogen-bond acceptors (Lipinski definition) is 4. The van der Waals surface area contributed by atoms with E-state index in [4.69, 9.17) is 10.9 Å². The molecule has 2 aromatic rings. The summed E-state index contributed by atoms with van der Waals surface area (Å²) in [6.07, 6.45) is 0. The summed E-state index contributed by atoms with van der Waals surface area (Å²) >= 11 is 4.71. The molecule has 1 amide bonds. The maximum atomic E-state index is 12.1. The van der Waals surface area contributed by atoms with Crippen molar-refractivity contribution in [1.29, 1.82) is 0 Å². The Morgan fingerprint density at radius 3 is 2.75 bits per heavy atom. The molecule has 0 radical (unpaired) electrons. The Labute approximate surface area is 128 Å². The van der Waals surface area contributed by atoms with Crippen LogP contribution in [-0.4, -0.2) is 17.0 Å². The van der Waals surface area contributed by atoms with Crippen LogP contribution in [0.4, 0.5) is 5.69 Å². The molecule has 1 aromatic carbocycles. The smallest absolute Gasteiger partial charge is 0.265 e. The van der Waals surface area contributed by atoms with Gasteiger partial charge in [-0.2, -0.15) is 0 Å². The van der Waals surface area contributed by atoms with Crippen LogP contribution in [0.1, 0.15) is 20.1 Å². The van der Waals surface area contributed by atoms with E-state index >= 15 is 0 Å². The quantitative estimate of drug-likeness (QED) is 0.342. The van der Waals surface area contributed by atoms with Gasteiger partial charge < -0.3 is 16.3 Å². The topological polar surface area (TPSA) is 87.7 Å². The van der Waals surface area contributed by atoms with Crippen LogP contribution >= 0.6 is 27.3 Å². The molecule has 0 saturated heterocycles. The number of thiophene rings is 1. The highest BCUT2D eigenvalue weighted by Crippen LogP contribution is 2.23. The minimum Gasteiger partial charge on any atom is -0.409 e. The van der Waals surface area contributed by atoms with Crippen LogP contribution in [0.5, 0.6) is 0 Å². The Balaban J connectivity index is 2.32. The molecule has 0 bridgehead atoms. The first-order valence-electron chi connectivity index (χ1n) is 5.66. The van der Waals surface area contributed by atoms with Crippen molar-refractivity contribution < 1.29 is 10.0 Å². The maximum Gasteiger partial charge on any atom is 0.265 e. The Kier molecular flexibility index (Phi) is 4.41. The van der Waals surface area contributed by atoms with Crippen molar-refractivity contribution in [3.05, 3.63) is 50.1 Å². The predicted molar refractivity (Wildman–Crippen MR) is 83.7 cm³/mol. The second-order valence-electron chi connectivity index (χ2n) is 4.04. The number of nitrogens with one attached hydrogen (secondary N) is 1. The molecular formula is C13H12BrN3O2S. The number of carbonyl (C=O) groups excluding carboxylic acids is 1. The van der Waals surface area contributed by atoms with E-state index in [9.17, 15) is 4.79 Å². The first-order valence-corrected chi connectivity index (χ1v) is 7.27. The molecular weight excluding hydrogens is 342 g/mol. The summed E-state index contributed by atoms with van der Waals surface area (Å²) in [5.41, 5.74) is 6.55. The number of nitrogens with zero attached hydrogens (tertiary/aromatic N) is 1. The summed E-state index contributed by atoms with van der Waals surface area (Å²) in [4.78, 5) is 13.8. The van der Waals surface area contributed by atoms with E-state index in [-0.39, 0.29) is 11.7 Å². The second kappa shape index (κ2) is 6.06. The average Bonchev–Trinajstić information content (AvgIpc) is 2.86. The highest BCUT2D eigenvalue weighted by atomic mass is 79.9. The number of halogens is 1. The zero-order valence-electron chi connectivity index (χ0n) is 10.6. The highest BCUT2D eigenvalue weighted by Gasteiger charge is 2.13. The monoisotopic (exact) mass is 353 g/mol. The van der Waals surface area contributed by atoms with Gasteiger partial charge in [-0.25, -0.2) is 0 Å². The zero-order chi connectivity index (χ0) is 14.7. The molecule has 0 atom stereocenters. The summed E-state index contributed by atoms with van der Waals surface area (Å²) in [5, 5.41) is 14.5. The molecule has 0 fully saturated rings. The molecule has 0 aliphatic rings. The molecule has 5 nitrogen and oxygen atoms in total. The van der Waals surface area contributed by atoms with Crippen molar-refractivity contribution in [2.75, 3.05) is 5.32 Å². The van der Waals surface area contributed by atoms with Crippen LogP contribution in [0, 0.1) is 6.92 Å². The minimum atomic E-state index is -0.225. The first-order chi connectivity index (χ1) is 9.51. The van der Waals surface area contributed by atoms with Crippen LogP contribution in [0.3, 0.4) is 0 Å². The van der Waals surface area contributed by atoms with Crippen molar-refractivity contribution in [2.45, 2.75) is 6.92 Å². The van der Waals surface area contributed by atoms with Gasteiger partial charge in [-0.3, -0.25) is 4.79 Å². The number of amidine groups is 1. The third-order valence-electron chi connectivity index (χ3n) is 2.58. The van der Waals surface area contributed by atoms with Crippen molar-refractivity contribution in [1.82, 2.24) is 0 Å². The van der Waals surface area contributed by atoms with Gasteiger partial charge in [0.05, 0.1) is 10.6 Å². The Morgan fingerprint density at radius 1 is 1.40 bits per heavy atom.